The summed E-state index contributed by atoms with van der Waals surface area (Å²) in [6.45, 7) is 4.93. The monoisotopic (exact) mass is 586 g/mol. The van der Waals surface area contributed by atoms with E-state index in [1.54, 1.807) is 32.9 Å². The molecule has 0 unspecified atom stereocenters. The molecule has 0 radical (unpaired) electrons. The number of nitrogens with two attached hydrogens (primary N) is 2. The number of nitrogens with one attached hydrogen (secondary N) is 1. The summed E-state index contributed by atoms with van der Waals surface area (Å²) in [5.41, 5.74) is 12.4. The topological polar surface area (TPSA) is 163 Å². The molecule has 0 saturated carbocycles. The Kier molecular flexibility index (Phi) is 8.15. The molecule has 0 aliphatic heterocycles. The maximum Gasteiger partial charge on any atom is 0.409 e. The van der Waals surface area contributed by atoms with Gasteiger partial charge in [0.1, 0.15) is 17.7 Å². The summed E-state index contributed by atoms with van der Waals surface area (Å²) in [6, 6.07) is 15.8. The molecule has 0 bridgehead atoms. The molecule has 40 heavy (non-hydrogen) atoms. The molecule has 1 amide bonds. The minimum Gasteiger partial charge on any atom is -0.486 e. The number of nitrogen functional groups attached to an aromatic ring is 1. The third kappa shape index (κ3) is 6.77. The fourth-order valence-corrected chi connectivity index (χ4v) is 4.56. The van der Waals surface area contributed by atoms with Crippen LogP contribution in [0.4, 0.5) is 10.5 Å². The van der Waals surface area contributed by atoms with Crippen molar-refractivity contribution in [3.63, 3.8) is 0 Å². The number of hydrogen-bond donors (Lipinski definition) is 4. The third-order valence-electron chi connectivity index (χ3n) is 5.63. The van der Waals surface area contributed by atoms with Crippen LogP contribution in [0.5, 0.6) is 5.75 Å². The van der Waals surface area contributed by atoms with Crippen molar-refractivity contribution in [1.29, 1.82) is 0 Å². The lowest BCUT2D eigenvalue weighted by atomic mass is 10.0. The van der Waals surface area contributed by atoms with Gasteiger partial charge in [-0.2, -0.15) is 0 Å². The van der Waals surface area contributed by atoms with Crippen molar-refractivity contribution in [2.45, 2.75) is 45.1 Å². The molecular formula is C28H28Cl2N4O6. The molecule has 4 aromatic rings. The number of aromatic nitrogens is 1. The summed E-state index contributed by atoms with van der Waals surface area (Å²) >= 11 is 12.9. The minimum atomic E-state index is -2.19. The van der Waals surface area contributed by atoms with E-state index in [9.17, 15) is 14.7 Å². The number of rotatable bonds is 8. The molecule has 210 valence electrons. The Morgan fingerprint density at radius 3 is 2.33 bits per heavy atom. The van der Waals surface area contributed by atoms with Gasteiger partial charge in [-0.3, -0.25) is 11.1 Å². The number of hydrogen-bond acceptors (Lipinski definition) is 8. The van der Waals surface area contributed by atoms with Crippen molar-refractivity contribution in [1.82, 2.24) is 10.3 Å². The lowest BCUT2D eigenvalue weighted by Crippen LogP contribution is -2.63. The van der Waals surface area contributed by atoms with Crippen LogP contribution in [0.2, 0.25) is 10.0 Å². The number of aliphatic carboxylic acids is 1. The number of carbonyl (C=O) groups is 2. The summed E-state index contributed by atoms with van der Waals surface area (Å²) in [4.78, 5) is 28.7. The van der Waals surface area contributed by atoms with Crippen molar-refractivity contribution in [3.8, 4) is 17.2 Å². The highest BCUT2D eigenvalue weighted by molar-refractivity contribution is 6.37. The van der Waals surface area contributed by atoms with E-state index in [-0.39, 0.29) is 28.8 Å². The Labute approximate surface area is 240 Å². The molecule has 0 spiro atoms. The summed E-state index contributed by atoms with van der Waals surface area (Å²) in [5.74, 6) is -0.881. The molecule has 1 heterocycles. The highest BCUT2D eigenvalue weighted by Crippen LogP contribution is 2.37. The smallest absolute Gasteiger partial charge is 0.409 e. The molecule has 0 aliphatic rings. The normalized spacial score (nSPS) is 13.1. The first-order valence-electron chi connectivity index (χ1n) is 12.1. The summed E-state index contributed by atoms with van der Waals surface area (Å²) < 4.78 is 17.1. The zero-order chi connectivity index (χ0) is 29.2. The van der Waals surface area contributed by atoms with Crippen molar-refractivity contribution >= 4 is 52.1 Å². The summed E-state index contributed by atoms with van der Waals surface area (Å²) in [7, 11) is 0. The number of anilines is 1. The van der Waals surface area contributed by atoms with Crippen molar-refractivity contribution in [3.05, 3.63) is 75.8 Å². The molecular weight excluding hydrogens is 559 g/mol. The van der Waals surface area contributed by atoms with Gasteiger partial charge in [-0.25, -0.2) is 14.6 Å². The molecule has 1 aromatic heterocycles. The number of ether oxygens (including phenoxy) is 2. The van der Waals surface area contributed by atoms with E-state index >= 15 is 0 Å². The maximum absolute atomic E-state index is 12.2. The average Bonchev–Trinajstić information content (AvgIpc) is 3.26. The number of fused-ring (bicyclic) bond motifs is 1. The Morgan fingerprint density at radius 1 is 1.07 bits per heavy atom. The zero-order valence-corrected chi connectivity index (χ0v) is 23.5. The maximum atomic E-state index is 12.2. The van der Waals surface area contributed by atoms with Crippen LogP contribution in [0, 0.1) is 0 Å². The zero-order valence-electron chi connectivity index (χ0n) is 22.0. The van der Waals surface area contributed by atoms with E-state index in [0.717, 1.165) is 5.56 Å². The largest absolute Gasteiger partial charge is 0.486 e. The number of carboxylic acid groups (broad SMARTS) is 1. The number of amides is 1. The predicted octanol–water partition coefficient (Wildman–Crippen LogP) is 5.77. The van der Waals surface area contributed by atoms with E-state index in [1.807, 2.05) is 30.3 Å². The molecule has 10 nitrogen and oxygen atoms in total. The number of alkyl carbamates (subject to hydrolysis) is 1. The van der Waals surface area contributed by atoms with Gasteiger partial charge in [0.25, 0.3) is 0 Å². The molecule has 4 rings (SSSR count). The first kappa shape index (κ1) is 29.0. The van der Waals surface area contributed by atoms with E-state index in [4.69, 9.17) is 48.6 Å². The third-order valence-corrected chi connectivity index (χ3v) is 6.19. The minimum absolute atomic E-state index is 0.0000977. The van der Waals surface area contributed by atoms with Gasteiger partial charge in [-0.1, -0.05) is 41.4 Å². The molecule has 6 N–H and O–H groups in total. The molecule has 0 saturated heterocycles. The van der Waals surface area contributed by atoms with E-state index < -0.39 is 23.3 Å². The fraction of sp³-hybridized carbons (Fsp3) is 0.250. The number of benzene rings is 3. The quantitative estimate of drug-likeness (QED) is 0.148. The fourth-order valence-electron chi connectivity index (χ4n) is 3.92. The first-order chi connectivity index (χ1) is 18.7. The van der Waals surface area contributed by atoms with E-state index in [2.05, 4.69) is 10.3 Å². The lowest BCUT2D eigenvalue weighted by molar-refractivity contribution is -0.144. The van der Waals surface area contributed by atoms with Gasteiger partial charge in [0.15, 0.2) is 17.0 Å². The van der Waals surface area contributed by atoms with Gasteiger partial charge in [-0.05, 0) is 62.7 Å². The Morgan fingerprint density at radius 2 is 1.73 bits per heavy atom. The second kappa shape index (κ2) is 11.2. The van der Waals surface area contributed by atoms with Crippen LogP contribution in [-0.4, -0.2) is 33.4 Å². The molecule has 3 aromatic carbocycles. The Balaban J connectivity index is 1.55. The summed E-state index contributed by atoms with van der Waals surface area (Å²) in [6.07, 6.45) is -1.32. The van der Waals surface area contributed by atoms with Crippen LogP contribution in [0.1, 0.15) is 31.9 Å². The van der Waals surface area contributed by atoms with Gasteiger partial charge in [0.05, 0.1) is 10.0 Å². The van der Waals surface area contributed by atoms with Crippen LogP contribution < -0.4 is 21.5 Å². The molecule has 0 aliphatic carbocycles. The Bertz CT molecular complexity index is 1550. The molecule has 12 heteroatoms. The van der Waals surface area contributed by atoms with Gasteiger partial charge >= 0.3 is 12.1 Å². The number of oxazole rings is 1. The molecule has 0 fully saturated rings. The van der Waals surface area contributed by atoms with E-state index in [0.29, 0.717) is 33.8 Å². The highest BCUT2D eigenvalue weighted by Gasteiger charge is 2.38. The second-order valence-electron chi connectivity index (χ2n) is 10.2. The van der Waals surface area contributed by atoms with Crippen LogP contribution in [-0.2, 0) is 22.6 Å². The first-order valence-corrected chi connectivity index (χ1v) is 12.9. The van der Waals surface area contributed by atoms with Gasteiger partial charge < -0.3 is 24.7 Å². The second-order valence-corrected chi connectivity index (χ2v) is 11.0. The number of halogens is 2. The number of nitrogens with zero attached hydrogens (tertiary/aromatic N) is 1. The van der Waals surface area contributed by atoms with Gasteiger partial charge in [0.2, 0.25) is 5.89 Å². The van der Waals surface area contributed by atoms with Crippen LogP contribution in [0.15, 0.2) is 59.0 Å². The predicted molar refractivity (Wildman–Crippen MR) is 152 cm³/mol. The number of carboxylic acids is 1. The van der Waals surface area contributed by atoms with Gasteiger partial charge in [-0.15, -0.1) is 0 Å². The number of carbonyl (C=O) groups excluding carboxylic acids is 1. The standard InChI is InChI=1S/C28H28Cl2N4O6/c1-27(2,3)40-26(37)34-28(32,25(35)36)13-15-9-19(29)23(20(30)10-15)38-14-17-11-18(31)12-21-22(17)39-24(33-21)16-7-5-4-6-8-16/h4-12H,13-14,31-32H2,1-3H3,(H,34,37)(H,35,36)/t28-/m0/s1. The highest BCUT2D eigenvalue weighted by atomic mass is 35.5. The van der Waals surface area contributed by atoms with Crippen LogP contribution >= 0.6 is 23.2 Å². The Hall–Kier alpha value is -3.99. The van der Waals surface area contributed by atoms with Crippen LogP contribution in [0.3, 0.4) is 0 Å². The molecule has 1 atom stereocenters. The van der Waals surface area contributed by atoms with Crippen molar-refractivity contribution in [2.24, 2.45) is 5.73 Å². The lowest BCUT2D eigenvalue weighted by Gasteiger charge is -2.28. The van der Waals surface area contributed by atoms with Crippen LogP contribution in [0.25, 0.3) is 22.6 Å². The van der Waals surface area contributed by atoms with Crippen molar-refractivity contribution in [2.75, 3.05) is 5.73 Å². The van der Waals surface area contributed by atoms with Gasteiger partial charge in [0, 0.05) is 23.2 Å². The summed E-state index contributed by atoms with van der Waals surface area (Å²) in [5, 5.41) is 12.1. The SMILES string of the molecule is CC(C)(C)OC(=O)N[C@@](N)(Cc1cc(Cl)c(OCc2cc(N)cc3nc(-c4ccccc4)oc23)c(Cl)c1)C(=O)O. The average molecular weight is 587 g/mol. The van der Waals surface area contributed by atoms with Crippen molar-refractivity contribution < 1.29 is 28.6 Å². The van der Waals surface area contributed by atoms with E-state index in [1.165, 1.54) is 12.1 Å².